The summed E-state index contributed by atoms with van der Waals surface area (Å²) < 4.78 is 0. The number of anilines is 4. The lowest BCUT2D eigenvalue weighted by atomic mass is 10.1. The number of allylic oxidation sites excluding steroid dienone is 1. The van der Waals surface area contributed by atoms with E-state index in [1.807, 2.05) is 59.6 Å². The molecule has 0 aliphatic carbocycles. The van der Waals surface area contributed by atoms with E-state index in [0.29, 0.717) is 29.0 Å². The molecular formula is C20H16N8. The van der Waals surface area contributed by atoms with Gasteiger partial charge in [-0.25, -0.2) is 24.9 Å². The lowest BCUT2D eigenvalue weighted by molar-refractivity contribution is 1.00. The van der Waals surface area contributed by atoms with Gasteiger partial charge >= 0.3 is 0 Å². The summed E-state index contributed by atoms with van der Waals surface area (Å²) in [5, 5.41) is 0. The molecule has 4 aromatic rings. The van der Waals surface area contributed by atoms with Crippen molar-refractivity contribution in [3.63, 3.8) is 0 Å². The van der Waals surface area contributed by atoms with Gasteiger partial charge in [-0.2, -0.15) is 0 Å². The van der Waals surface area contributed by atoms with Crippen molar-refractivity contribution >= 4 is 34.4 Å². The largest absolute Gasteiger partial charge is 0.368 e. The summed E-state index contributed by atoms with van der Waals surface area (Å²) in [4.78, 5) is 24.0. The van der Waals surface area contributed by atoms with Crippen LogP contribution >= 0.6 is 0 Å². The third-order valence-corrected chi connectivity index (χ3v) is 4.53. The molecule has 136 valence electrons. The minimum absolute atomic E-state index is 0.216. The zero-order valence-corrected chi connectivity index (χ0v) is 14.8. The van der Waals surface area contributed by atoms with Crippen molar-refractivity contribution in [3.8, 4) is 11.3 Å². The Bertz CT molecular complexity index is 1220. The van der Waals surface area contributed by atoms with Gasteiger partial charge in [0.15, 0.2) is 0 Å². The molecule has 5 rings (SSSR count). The summed E-state index contributed by atoms with van der Waals surface area (Å²) in [5.41, 5.74) is 16.3. The van der Waals surface area contributed by atoms with Gasteiger partial charge in [0.2, 0.25) is 11.9 Å². The van der Waals surface area contributed by atoms with E-state index in [1.165, 1.54) is 0 Å². The molecule has 0 bridgehead atoms. The predicted octanol–water partition coefficient (Wildman–Crippen LogP) is 2.85. The van der Waals surface area contributed by atoms with Crippen LogP contribution in [0.4, 0.5) is 23.4 Å². The molecule has 0 amide bonds. The van der Waals surface area contributed by atoms with Gasteiger partial charge in [-0.1, -0.05) is 36.4 Å². The molecule has 0 fully saturated rings. The van der Waals surface area contributed by atoms with Crippen molar-refractivity contribution in [3.05, 3.63) is 66.6 Å². The molecule has 1 aliphatic heterocycles. The van der Waals surface area contributed by atoms with Crippen LogP contribution in [0.5, 0.6) is 0 Å². The van der Waals surface area contributed by atoms with Gasteiger partial charge in [0.25, 0.3) is 0 Å². The summed E-state index contributed by atoms with van der Waals surface area (Å²) in [6.07, 6.45) is 6.38. The van der Waals surface area contributed by atoms with E-state index in [1.54, 1.807) is 6.20 Å². The second kappa shape index (κ2) is 6.27. The Morgan fingerprint density at radius 1 is 0.857 bits per heavy atom. The number of fused-ring (bicyclic) bond motifs is 2. The summed E-state index contributed by atoms with van der Waals surface area (Å²) in [5.74, 6) is 1.19. The molecule has 28 heavy (non-hydrogen) atoms. The third-order valence-electron chi connectivity index (χ3n) is 4.53. The third kappa shape index (κ3) is 2.67. The zero-order chi connectivity index (χ0) is 19.1. The van der Waals surface area contributed by atoms with Crippen LogP contribution in [0, 0.1) is 0 Å². The van der Waals surface area contributed by atoms with Crippen molar-refractivity contribution in [2.75, 3.05) is 16.4 Å². The summed E-state index contributed by atoms with van der Waals surface area (Å²) >= 11 is 0. The van der Waals surface area contributed by atoms with Crippen LogP contribution in [0.3, 0.4) is 0 Å². The van der Waals surface area contributed by atoms with Crippen molar-refractivity contribution in [1.29, 1.82) is 0 Å². The van der Waals surface area contributed by atoms with E-state index in [2.05, 4.69) is 19.9 Å². The van der Waals surface area contributed by atoms with Gasteiger partial charge in [-0.15, -0.1) is 0 Å². The first kappa shape index (κ1) is 16.1. The van der Waals surface area contributed by atoms with E-state index < -0.39 is 0 Å². The van der Waals surface area contributed by atoms with E-state index in [-0.39, 0.29) is 11.9 Å². The standard InChI is InChI=1S/C20H16N8/c21-19-23-11-15-13(24-19)7-4-10-28(15)16-9-8-14-18(26-16)17(27-20(22)25-14)12-5-2-1-3-6-12/h1-6,8-11H,7H2,(H2,21,23,24)(H2,22,25,27). The maximum absolute atomic E-state index is 5.92. The van der Waals surface area contributed by atoms with Crippen LogP contribution in [0.1, 0.15) is 5.69 Å². The maximum atomic E-state index is 5.92. The molecule has 4 N–H and O–H groups in total. The molecule has 1 aromatic carbocycles. The molecule has 8 nitrogen and oxygen atoms in total. The first-order chi connectivity index (χ1) is 13.7. The molecule has 0 radical (unpaired) electrons. The van der Waals surface area contributed by atoms with E-state index >= 15 is 0 Å². The fraction of sp³-hybridized carbons (Fsp3) is 0.0500. The molecule has 0 spiro atoms. The van der Waals surface area contributed by atoms with E-state index in [0.717, 1.165) is 16.9 Å². The molecule has 0 saturated heterocycles. The van der Waals surface area contributed by atoms with E-state index in [4.69, 9.17) is 16.5 Å². The Hall–Kier alpha value is -4.07. The van der Waals surface area contributed by atoms with Gasteiger partial charge in [0.05, 0.1) is 23.1 Å². The second-order valence-electron chi connectivity index (χ2n) is 6.35. The van der Waals surface area contributed by atoms with Gasteiger partial charge in [0.1, 0.15) is 17.0 Å². The predicted molar refractivity (Wildman–Crippen MR) is 109 cm³/mol. The number of nitrogens with zero attached hydrogens (tertiary/aromatic N) is 6. The number of nitrogens with two attached hydrogens (primary N) is 2. The highest BCUT2D eigenvalue weighted by Gasteiger charge is 2.19. The Balaban J connectivity index is 1.70. The molecule has 0 saturated carbocycles. The summed E-state index contributed by atoms with van der Waals surface area (Å²) in [6, 6.07) is 13.6. The van der Waals surface area contributed by atoms with Crippen LogP contribution in [0.15, 0.2) is 60.9 Å². The molecule has 8 heteroatoms. The topological polar surface area (TPSA) is 120 Å². The molecule has 3 aromatic heterocycles. The molecule has 0 atom stereocenters. The van der Waals surface area contributed by atoms with Crippen LogP contribution in [0.2, 0.25) is 0 Å². The normalized spacial score (nSPS) is 12.9. The average molecular weight is 368 g/mol. The van der Waals surface area contributed by atoms with Crippen molar-refractivity contribution in [2.45, 2.75) is 6.42 Å². The number of aromatic nitrogens is 5. The lowest BCUT2D eigenvalue weighted by Crippen LogP contribution is -2.18. The van der Waals surface area contributed by atoms with Crippen LogP contribution in [-0.2, 0) is 6.42 Å². The van der Waals surface area contributed by atoms with Gasteiger partial charge < -0.3 is 11.5 Å². The lowest BCUT2D eigenvalue weighted by Gasteiger charge is -2.24. The van der Waals surface area contributed by atoms with Crippen LogP contribution in [0.25, 0.3) is 22.3 Å². The average Bonchev–Trinajstić information content (AvgIpc) is 2.73. The highest BCUT2D eigenvalue weighted by atomic mass is 15.2. The monoisotopic (exact) mass is 368 g/mol. The smallest absolute Gasteiger partial charge is 0.221 e. The minimum atomic E-state index is 0.216. The zero-order valence-electron chi connectivity index (χ0n) is 14.8. The first-order valence-electron chi connectivity index (χ1n) is 8.76. The Labute approximate surface area is 160 Å². The fourth-order valence-electron chi connectivity index (χ4n) is 3.28. The molecule has 4 heterocycles. The molecule has 1 aliphatic rings. The second-order valence-corrected chi connectivity index (χ2v) is 6.35. The number of pyridine rings is 1. The summed E-state index contributed by atoms with van der Waals surface area (Å²) in [6.45, 7) is 0. The minimum Gasteiger partial charge on any atom is -0.368 e. The quantitative estimate of drug-likeness (QED) is 0.554. The SMILES string of the molecule is Nc1ncc2c(n1)CC=CN2c1ccc2nc(N)nc(-c3ccccc3)c2n1. The Morgan fingerprint density at radius 3 is 2.57 bits per heavy atom. The van der Waals surface area contributed by atoms with Gasteiger partial charge in [0, 0.05) is 18.2 Å². The van der Waals surface area contributed by atoms with Gasteiger partial charge in [-0.3, -0.25) is 4.90 Å². The van der Waals surface area contributed by atoms with Crippen LogP contribution in [-0.4, -0.2) is 24.9 Å². The van der Waals surface area contributed by atoms with Crippen LogP contribution < -0.4 is 16.4 Å². The number of hydrogen-bond donors (Lipinski definition) is 2. The van der Waals surface area contributed by atoms with Gasteiger partial charge in [-0.05, 0) is 12.1 Å². The van der Waals surface area contributed by atoms with Crippen molar-refractivity contribution in [1.82, 2.24) is 24.9 Å². The highest BCUT2D eigenvalue weighted by molar-refractivity contribution is 5.91. The number of hydrogen-bond acceptors (Lipinski definition) is 8. The Kier molecular flexibility index (Phi) is 3.61. The highest BCUT2D eigenvalue weighted by Crippen LogP contribution is 2.33. The fourth-order valence-corrected chi connectivity index (χ4v) is 3.28. The Morgan fingerprint density at radius 2 is 1.71 bits per heavy atom. The number of benzene rings is 1. The first-order valence-corrected chi connectivity index (χ1v) is 8.76. The van der Waals surface area contributed by atoms with E-state index in [9.17, 15) is 0 Å². The molecule has 0 unspecified atom stereocenters. The molecular weight excluding hydrogens is 352 g/mol. The van der Waals surface area contributed by atoms with Crippen molar-refractivity contribution in [2.24, 2.45) is 0 Å². The number of nitrogen functional groups attached to an aromatic ring is 2. The summed E-state index contributed by atoms with van der Waals surface area (Å²) in [7, 11) is 0. The van der Waals surface area contributed by atoms with Crippen molar-refractivity contribution < 1.29 is 0 Å². The number of rotatable bonds is 2. The maximum Gasteiger partial charge on any atom is 0.221 e.